The van der Waals surface area contributed by atoms with Crippen molar-refractivity contribution in [3.8, 4) is 0 Å². The Bertz CT molecular complexity index is 572. The highest BCUT2D eigenvalue weighted by atomic mass is 35.5. The zero-order valence-electron chi connectivity index (χ0n) is 11.3. The molecule has 104 valence electrons. The molecule has 4 heteroatoms. The Labute approximate surface area is 124 Å². The zero-order chi connectivity index (χ0) is 14.4. The van der Waals surface area contributed by atoms with Crippen molar-refractivity contribution in [2.24, 2.45) is 0 Å². The fourth-order valence-electron chi connectivity index (χ4n) is 1.89. The van der Waals surface area contributed by atoms with E-state index in [4.69, 9.17) is 11.6 Å². The lowest BCUT2D eigenvalue weighted by atomic mass is 10.1. The van der Waals surface area contributed by atoms with Gasteiger partial charge in [-0.1, -0.05) is 54.1 Å². The van der Waals surface area contributed by atoms with Crippen LogP contribution in [0.1, 0.15) is 24.1 Å². The standard InChI is InChI=1S/C16H17ClN2O/c1-12(14-8-5-9-15(17)10-14)19-16(20)18-11-13-6-3-2-4-7-13/h2-10,12H,11H2,1H3,(H2,18,19,20)/t12-/m1/s1. The monoisotopic (exact) mass is 288 g/mol. The lowest BCUT2D eigenvalue weighted by Gasteiger charge is -2.15. The van der Waals surface area contributed by atoms with Crippen LogP contribution in [-0.2, 0) is 6.54 Å². The van der Waals surface area contributed by atoms with Gasteiger partial charge in [0.15, 0.2) is 0 Å². The molecule has 0 bridgehead atoms. The van der Waals surface area contributed by atoms with Crippen molar-refractivity contribution >= 4 is 17.6 Å². The molecule has 0 unspecified atom stereocenters. The summed E-state index contributed by atoms with van der Waals surface area (Å²) in [6.07, 6.45) is 0. The zero-order valence-corrected chi connectivity index (χ0v) is 12.0. The van der Waals surface area contributed by atoms with Crippen LogP contribution in [0.4, 0.5) is 4.79 Å². The molecule has 2 rings (SSSR count). The highest BCUT2D eigenvalue weighted by Crippen LogP contribution is 2.17. The van der Waals surface area contributed by atoms with E-state index in [0.717, 1.165) is 11.1 Å². The summed E-state index contributed by atoms with van der Waals surface area (Å²) in [5, 5.41) is 6.38. The maximum atomic E-state index is 11.8. The van der Waals surface area contributed by atoms with Crippen LogP contribution in [0.2, 0.25) is 5.02 Å². The van der Waals surface area contributed by atoms with Gasteiger partial charge in [0.05, 0.1) is 6.04 Å². The molecule has 2 aromatic rings. The van der Waals surface area contributed by atoms with Crippen molar-refractivity contribution in [3.05, 3.63) is 70.7 Å². The van der Waals surface area contributed by atoms with Gasteiger partial charge in [0.25, 0.3) is 0 Å². The SMILES string of the molecule is C[C@@H](NC(=O)NCc1ccccc1)c1cccc(Cl)c1. The fourth-order valence-corrected chi connectivity index (χ4v) is 2.08. The van der Waals surface area contributed by atoms with Gasteiger partial charge in [-0.05, 0) is 30.2 Å². The molecule has 2 aromatic carbocycles. The van der Waals surface area contributed by atoms with E-state index in [0.29, 0.717) is 11.6 Å². The minimum Gasteiger partial charge on any atom is -0.334 e. The normalized spacial score (nSPS) is 11.7. The average molecular weight is 289 g/mol. The molecule has 0 aliphatic heterocycles. The maximum Gasteiger partial charge on any atom is 0.315 e. The second-order valence-corrected chi connectivity index (χ2v) is 5.03. The van der Waals surface area contributed by atoms with Gasteiger partial charge in [-0.15, -0.1) is 0 Å². The Hall–Kier alpha value is -2.00. The molecule has 0 fully saturated rings. The molecule has 3 nitrogen and oxygen atoms in total. The number of urea groups is 1. The van der Waals surface area contributed by atoms with Crippen LogP contribution in [0.3, 0.4) is 0 Å². The molecule has 2 N–H and O–H groups in total. The van der Waals surface area contributed by atoms with Gasteiger partial charge in [0.2, 0.25) is 0 Å². The van der Waals surface area contributed by atoms with Gasteiger partial charge in [0.1, 0.15) is 0 Å². The topological polar surface area (TPSA) is 41.1 Å². The molecular weight excluding hydrogens is 272 g/mol. The molecule has 20 heavy (non-hydrogen) atoms. The number of amides is 2. The van der Waals surface area contributed by atoms with Crippen LogP contribution >= 0.6 is 11.6 Å². The minimum absolute atomic E-state index is 0.0931. The Morgan fingerprint density at radius 3 is 2.60 bits per heavy atom. The largest absolute Gasteiger partial charge is 0.334 e. The summed E-state index contributed by atoms with van der Waals surface area (Å²) in [6, 6.07) is 17.0. The Morgan fingerprint density at radius 2 is 1.90 bits per heavy atom. The van der Waals surface area contributed by atoms with Crippen LogP contribution in [0.15, 0.2) is 54.6 Å². The first-order valence-corrected chi connectivity index (χ1v) is 6.86. The number of benzene rings is 2. The third kappa shape index (κ3) is 4.28. The second kappa shape index (κ2) is 6.96. The third-order valence-corrected chi connectivity index (χ3v) is 3.23. The smallest absolute Gasteiger partial charge is 0.315 e. The van der Waals surface area contributed by atoms with E-state index in [2.05, 4.69) is 10.6 Å². The lowest BCUT2D eigenvalue weighted by molar-refractivity contribution is 0.237. The molecule has 0 aromatic heterocycles. The Balaban J connectivity index is 1.85. The van der Waals surface area contributed by atoms with E-state index in [9.17, 15) is 4.79 Å². The molecule has 1 atom stereocenters. The van der Waals surface area contributed by atoms with Crippen LogP contribution in [0.25, 0.3) is 0 Å². The molecule has 0 spiro atoms. The van der Waals surface area contributed by atoms with Crippen molar-refractivity contribution in [1.82, 2.24) is 10.6 Å². The lowest BCUT2D eigenvalue weighted by Crippen LogP contribution is -2.36. The molecule has 0 aliphatic carbocycles. The number of carbonyl (C=O) groups is 1. The fraction of sp³-hybridized carbons (Fsp3) is 0.188. The summed E-state index contributed by atoms with van der Waals surface area (Å²) in [5.41, 5.74) is 2.05. The van der Waals surface area contributed by atoms with Gasteiger partial charge in [0, 0.05) is 11.6 Å². The third-order valence-electron chi connectivity index (χ3n) is 2.99. The van der Waals surface area contributed by atoms with Gasteiger partial charge in [-0.25, -0.2) is 4.79 Å². The van der Waals surface area contributed by atoms with Crippen LogP contribution < -0.4 is 10.6 Å². The highest BCUT2D eigenvalue weighted by molar-refractivity contribution is 6.30. The van der Waals surface area contributed by atoms with E-state index >= 15 is 0 Å². The van der Waals surface area contributed by atoms with Gasteiger partial charge >= 0.3 is 6.03 Å². The Morgan fingerprint density at radius 1 is 1.15 bits per heavy atom. The summed E-state index contributed by atoms with van der Waals surface area (Å²) >= 11 is 5.94. The molecule has 0 heterocycles. The van der Waals surface area contributed by atoms with Crippen molar-refractivity contribution < 1.29 is 4.79 Å². The second-order valence-electron chi connectivity index (χ2n) is 4.59. The summed E-state index contributed by atoms with van der Waals surface area (Å²) in [7, 11) is 0. The molecule has 0 saturated heterocycles. The molecule has 0 radical (unpaired) electrons. The number of rotatable bonds is 4. The first kappa shape index (κ1) is 14.4. The molecular formula is C16H17ClN2O. The van der Waals surface area contributed by atoms with Crippen molar-refractivity contribution in [3.63, 3.8) is 0 Å². The molecule has 0 saturated carbocycles. The van der Waals surface area contributed by atoms with E-state index in [-0.39, 0.29) is 12.1 Å². The predicted octanol–water partition coefficient (Wildman–Crippen LogP) is 3.90. The first-order chi connectivity index (χ1) is 9.65. The molecule has 2 amide bonds. The summed E-state index contributed by atoms with van der Waals surface area (Å²) in [6.45, 7) is 2.43. The van der Waals surface area contributed by atoms with E-state index < -0.39 is 0 Å². The van der Waals surface area contributed by atoms with Gasteiger partial charge < -0.3 is 10.6 Å². The number of hydrogen-bond acceptors (Lipinski definition) is 1. The average Bonchev–Trinajstić information content (AvgIpc) is 2.46. The number of halogens is 1. The number of hydrogen-bond donors (Lipinski definition) is 2. The highest BCUT2D eigenvalue weighted by Gasteiger charge is 2.09. The van der Waals surface area contributed by atoms with Gasteiger partial charge in [-0.2, -0.15) is 0 Å². The van der Waals surface area contributed by atoms with E-state index in [1.807, 2.05) is 61.5 Å². The van der Waals surface area contributed by atoms with Crippen molar-refractivity contribution in [1.29, 1.82) is 0 Å². The summed E-state index contributed by atoms with van der Waals surface area (Å²) in [4.78, 5) is 11.8. The maximum absolute atomic E-state index is 11.8. The summed E-state index contributed by atoms with van der Waals surface area (Å²) in [5.74, 6) is 0. The van der Waals surface area contributed by atoms with Crippen molar-refractivity contribution in [2.45, 2.75) is 19.5 Å². The molecule has 0 aliphatic rings. The summed E-state index contributed by atoms with van der Waals surface area (Å²) < 4.78 is 0. The predicted molar refractivity (Wildman–Crippen MR) is 81.7 cm³/mol. The number of carbonyl (C=O) groups excluding carboxylic acids is 1. The van der Waals surface area contributed by atoms with Crippen LogP contribution in [-0.4, -0.2) is 6.03 Å². The van der Waals surface area contributed by atoms with Crippen molar-refractivity contribution in [2.75, 3.05) is 0 Å². The Kier molecular flexibility index (Phi) is 5.02. The van der Waals surface area contributed by atoms with E-state index in [1.165, 1.54) is 0 Å². The van der Waals surface area contributed by atoms with Gasteiger partial charge in [-0.3, -0.25) is 0 Å². The van der Waals surface area contributed by atoms with Crippen LogP contribution in [0.5, 0.6) is 0 Å². The first-order valence-electron chi connectivity index (χ1n) is 6.49. The minimum atomic E-state index is -0.193. The number of nitrogens with one attached hydrogen (secondary N) is 2. The van der Waals surface area contributed by atoms with Crippen LogP contribution in [0, 0.1) is 0 Å². The quantitative estimate of drug-likeness (QED) is 0.880. The van der Waals surface area contributed by atoms with E-state index in [1.54, 1.807) is 0 Å².